The van der Waals surface area contributed by atoms with Crippen LogP contribution in [-0.4, -0.2) is 246 Å². The molecule has 4 heterocycles. The third kappa shape index (κ3) is 25.9. The molecule has 22 atom stereocenters. The summed E-state index contributed by atoms with van der Waals surface area (Å²) in [6.07, 6.45) is 1.11. The zero-order valence-electron chi connectivity index (χ0n) is 51.8. The van der Waals surface area contributed by atoms with Gasteiger partial charge in [0.15, 0.2) is 25.2 Å². The molecule has 87 heavy (non-hydrogen) atoms. The number of carbonyl (C=O) groups excluding carboxylic acids is 2. The van der Waals surface area contributed by atoms with E-state index in [4.69, 9.17) is 37.9 Å². The van der Waals surface area contributed by atoms with Gasteiger partial charge in [0.25, 0.3) is 0 Å². The van der Waals surface area contributed by atoms with E-state index in [1.54, 1.807) is 6.08 Å². The van der Waals surface area contributed by atoms with Gasteiger partial charge in [-0.3, -0.25) is 9.59 Å². The number of ether oxygens (including phenoxy) is 8. The number of amides is 2. The zero-order valence-corrected chi connectivity index (χ0v) is 51.8. The molecule has 0 aliphatic carbocycles. The number of unbranched alkanes of at least 4 members (excludes halogenated alkanes) is 22. The standard InChI is InChI=1S/C62H112N2O23/c1-4-6-8-10-12-14-16-18-19-21-23-25-27-29-31-33-46(71)64-40(41(70)32-30-28-26-24-22-20-17-15-13-11-9-7-5-2)38-80-60-53(77)51(75)56(44(36-67)83-60)85-61-54(78)52(76)57(45(37-68)84-61)86-62-55(79)58(49(73)43(35-66)82-62)87-59-47(63-39(3)69)50(74)48(72)42(34-65)81-59/h18-19,30,32,40-45,47-62,65-68,70,72-79H,4-17,20-29,31,33-38H2,1-3H3,(H,63,69)(H,64,71)/b19-18-,32-30+/t40-,41+,42+,43+,44+,45+,47+,48-,49-,50+,51+,52+,53+,54+,55+,56+,57-,58-,59-,60+,61-,62+/m0/s1. The molecule has 0 aromatic heterocycles. The summed E-state index contributed by atoms with van der Waals surface area (Å²) in [5.41, 5.74) is 0. The molecular formula is C62H112N2O23. The molecule has 15 N–H and O–H groups in total. The monoisotopic (exact) mass is 1250 g/mol. The van der Waals surface area contributed by atoms with Crippen LogP contribution in [0.1, 0.15) is 188 Å². The molecule has 0 saturated carbocycles. The van der Waals surface area contributed by atoms with Gasteiger partial charge in [-0.2, -0.15) is 0 Å². The van der Waals surface area contributed by atoms with Crippen LogP contribution in [0.4, 0.5) is 0 Å². The van der Waals surface area contributed by atoms with Gasteiger partial charge >= 0.3 is 0 Å². The van der Waals surface area contributed by atoms with Crippen LogP contribution in [0, 0.1) is 0 Å². The molecule has 0 aromatic carbocycles. The normalized spacial score (nSPS) is 33.9. The van der Waals surface area contributed by atoms with Crippen molar-refractivity contribution in [2.45, 2.75) is 323 Å². The molecule has 4 aliphatic heterocycles. The lowest BCUT2D eigenvalue weighted by atomic mass is 9.95. The van der Waals surface area contributed by atoms with Crippen molar-refractivity contribution in [3.8, 4) is 0 Å². The fraction of sp³-hybridized carbons (Fsp3) is 0.903. The van der Waals surface area contributed by atoms with Crippen molar-refractivity contribution in [2.24, 2.45) is 0 Å². The zero-order chi connectivity index (χ0) is 63.7. The number of aliphatic hydroxyl groups is 13. The Morgan fingerprint density at radius 3 is 1.34 bits per heavy atom. The van der Waals surface area contributed by atoms with Crippen LogP contribution < -0.4 is 10.6 Å². The van der Waals surface area contributed by atoms with Crippen molar-refractivity contribution in [2.75, 3.05) is 33.0 Å². The molecule has 25 nitrogen and oxygen atoms in total. The molecule has 2 amide bonds. The Morgan fingerprint density at radius 2 is 0.851 bits per heavy atom. The van der Waals surface area contributed by atoms with E-state index in [9.17, 15) is 76.0 Å². The smallest absolute Gasteiger partial charge is 0.220 e. The van der Waals surface area contributed by atoms with E-state index in [1.807, 2.05) is 6.08 Å². The quantitative estimate of drug-likeness (QED) is 0.0304. The molecule has 0 unspecified atom stereocenters. The highest BCUT2D eigenvalue weighted by Gasteiger charge is 2.56. The molecule has 0 bridgehead atoms. The Hall–Kier alpha value is -2.42. The van der Waals surface area contributed by atoms with Gasteiger partial charge in [-0.05, 0) is 44.9 Å². The average molecular weight is 1250 g/mol. The fourth-order valence-corrected chi connectivity index (χ4v) is 11.4. The second-order valence-corrected chi connectivity index (χ2v) is 23.9. The molecule has 0 spiro atoms. The summed E-state index contributed by atoms with van der Waals surface area (Å²) in [6, 6.07) is -2.53. The lowest BCUT2D eigenvalue weighted by molar-refractivity contribution is -0.386. The van der Waals surface area contributed by atoms with E-state index in [0.717, 1.165) is 64.7 Å². The number of carbonyl (C=O) groups is 2. The van der Waals surface area contributed by atoms with Crippen LogP contribution >= 0.6 is 0 Å². The van der Waals surface area contributed by atoms with E-state index < -0.39 is 174 Å². The summed E-state index contributed by atoms with van der Waals surface area (Å²) < 4.78 is 46.4. The first-order valence-corrected chi connectivity index (χ1v) is 32.6. The molecule has 4 saturated heterocycles. The second-order valence-electron chi connectivity index (χ2n) is 23.9. The van der Waals surface area contributed by atoms with Crippen LogP contribution in [0.15, 0.2) is 24.3 Å². The lowest BCUT2D eigenvalue weighted by Crippen LogP contribution is -2.69. The third-order valence-electron chi connectivity index (χ3n) is 16.8. The van der Waals surface area contributed by atoms with Gasteiger partial charge in [0.1, 0.15) is 97.6 Å². The molecule has 0 radical (unpaired) electrons. The number of aliphatic hydroxyl groups excluding tert-OH is 13. The largest absolute Gasteiger partial charge is 0.394 e. The molecule has 25 heteroatoms. The average Bonchev–Trinajstić information content (AvgIpc) is 3.39. The topological polar surface area (TPSA) is 395 Å². The van der Waals surface area contributed by atoms with Crippen molar-refractivity contribution in [1.29, 1.82) is 0 Å². The van der Waals surface area contributed by atoms with Crippen LogP contribution in [0.2, 0.25) is 0 Å². The highest BCUT2D eigenvalue weighted by molar-refractivity contribution is 5.76. The van der Waals surface area contributed by atoms with Gasteiger partial charge in [-0.25, -0.2) is 0 Å². The minimum atomic E-state index is -2.10. The lowest BCUT2D eigenvalue weighted by Gasteiger charge is -2.49. The van der Waals surface area contributed by atoms with Gasteiger partial charge in [0.05, 0.1) is 45.2 Å². The van der Waals surface area contributed by atoms with Crippen molar-refractivity contribution >= 4 is 11.8 Å². The number of hydrogen-bond donors (Lipinski definition) is 15. The third-order valence-corrected chi connectivity index (χ3v) is 16.8. The highest BCUT2D eigenvalue weighted by atomic mass is 16.8. The number of allylic oxidation sites excluding steroid dienone is 3. The predicted molar refractivity (Wildman–Crippen MR) is 317 cm³/mol. The Labute approximate surface area is 514 Å². The van der Waals surface area contributed by atoms with Gasteiger partial charge in [-0.15, -0.1) is 0 Å². The van der Waals surface area contributed by atoms with Gasteiger partial charge in [0.2, 0.25) is 11.8 Å². The van der Waals surface area contributed by atoms with Crippen LogP contribution in [0.25, 0.3) is 0 Å². The maximum Gasteiger partial charge on any atom is 0.220 e. The highest BCUT2D eigenvalue weighted by Crippen LogP contribution is 2.35. The summed E-state index contributed by atoms with van der Waals surface area (Å²) in [7, 11) is 0. The SMILES string of the molecule is CCCCCCCC/C=C\CCCCCCCC(=O)N[C@@H](CO[C@@H]1O[C@H](CO)[C@@H](O[C@@H]2O[C@H](CO)[C@H](O[C@H]3O[C@H](CO)[C@H](O)[C@H](O[C@@H]4O[C@H](CO)[C@H](O)[C@H](O)[C@H]4NC(C)=O)[C@H]3O)[C@H](O)[C@H]2O)[C@H](O)[C@H]1O)[C@H](O)/C=C/CCCCCCCCCCCCC. The minimum Gasteiger partial charge on any atom is -0.394 e. The van der Waals surface area contributed by atoms with Crippen LogP contribution in [0.5, 0.6) is 0 Å². The van der Waals surface area contributed by atoms with E-state index in [1.165, 1.54) is 89.9 Å². The van der Waals surface area contributed by atoms with Crippen molar-refractivity contribution in [1.82, 2.24) is 10.6 Å². The van der Waals surface area contributed by atoms with Gasteiger partial charge in [0, 0.05) is 13.3 Å². The number of nitrogens with one attached hydrogen (secondary N) is 2. The first kappa shape index (κ1) is 77.0. The Balaban J connectivity index is 1.34. The maximum absolute atomic E-state index is 13.4. The van der Waals surface area contributed by atoms with Crippen molar-refractivity contribution in [3.05, 3.63) is 24.3 Å². The van der Waals surface area contributed by atoms with E-state index in [0.29, 0.717) is 12.8 Å². The van der Waals surface area contributed by atoms with Gasteiger partial charge < -0.3 is 115 Å². The number of rotatable bonds is 44. The van der Waals surface area contributed by atoms with E-state index in [-0.39, 0.29) is 12.3 Å². The number of hydrogen-bond acceptors (Lipinski definition) is 23. The summed E-state index contributed by atoms with van der Waals surface area (Å²) in [5, 5.41) is 147. The first-order valence-electron chi connectivity index (χ1n) is 32.6. The van der Waals surface area contributed by atoms with E-state index >= 15 is 0 Å². The fourth-order valence-electron chi connectivity index (χ4n) is 11.4. The van der Waals surface area contributed by atoms with Gasteiger partial charge in [-0.1, -0.05) is 154 Å². The Bertz CT molecular complexity index is 1870. The molecule has 0 aromatic rings. The second kappa shape index (κ2) is 43.4. The minimum absolute atomic E-state index is 0.204. The Kier molecular flexibility index (Phi) is 38.4. The summed E-state index contributed by atoms with van der Waals surface area (Å²) in [4.78, 5) is 25.4. The van der Waals surface area contributed by atoms with Crippen molar-refractivity contribution in [3.63, 3.8) is 0 Å². The summed E-state index contributed by atoms with van der Waals surface area (Å²) in [6.45, 7) is 1.59. The molecule has 508 valence electrons. The predicted octanol–water partition coefficient (Wildman–Crippen LogP) is 1.56. The van der Waals surface area contributed by atoms with Crippen LogP contribution in [0.3, 0.4) is 0 Å². The Morgan fingerprint density at radius 1 is 0.448 bits per heavy atom. The molecule has 4 rings (SSSR count). The molecule has 4 fully saturated rings. The first-order chi connectivity index (χ1) is 42.0. The summed E-state index contributed by atoms with van der Waals surface area (Å²) in [5.74, 6) is -1.01. The van der Waals surface area contributed by atoms with Crippen molar-refractivity contribution < 1.29 is 114 Å². The molecular weight excluding hydrogens is 1140 g/mol. The molecule has 4 aliphatic rings. The van der Waals surface area contributed by atoms with E-state index in [2.05, 4.69) is 36.6 Å². The maximum atomic E-state index is 13.4. The summed E-state index contributed by atoms with van der Waals surface area (Å²) >= 11 is 0. The van der Waals surface area contributed by atoms with Crippen LogP contribution in [-0.2, 0) is 47.5 Å².